The lowest BCUT2D eigenvalue weighted by atomic mass is 10.0. The van der Waals surface area contributed by atoms with E-state index in [9.17, 15) is 14.4 Å². The number of carbonyl (C=O) groups excluding carboxylic acids is 1. The number of nitriles is 1. The van der Waals surface area contributed by atoms with Gasteiger partial charge in [-0.2, -0.15) is 5.26 Å². The number of halogens is 2. The van der Waals surface area contributed by atoms with Crippen LogP contribution in [0.25, 0.3) is 5.70 Å². The van der Waals surface area contributed by atoms with Crippen LogP contribution < -0.4 is 5.32 Å². The predicted molar refractivity (Wildman–Crippen MR) is 93.5 cm³/mol. The molecule has 0 aromatic heterocycles. The summed E-state index contributed by atoms with van der Waals surface area (Å²) in [6.45, 7) is 0. The minimum Gasteiger partial charge on any atom is -0.348 e. The van der Waals surface area contributed by atoms with Crippen molar-refractivity contribution in [3.05, 3.63) is 86.5 Å². The van der Waals surface area contributed by atoms with Gasteiger partial charge in [0.2, 0.25) is 5.78 Å². The number of carbonyl (C=O) groups is 1. The molecule has 0 unspecified atom stereocenters. The predicted octanol–water partition coefficient (Wildman–Crippen LogP) is 4.73. The zero-order valence-corrected chi connectivity index (χ0v) is 13.8. The van der Waals surface area contributed by atoms with Gasteiger partial charge in [0.1, 0.15) is 17.5 Å². The lowest BCUT2D eigenvalue weighted by molar-refractivity contribution is 0.103. The second-order valence-electron chi connectivity index (χ2n) is 4.88. The summed E-state index contributed by atoms with van der Waals surface area (Å²) < 4.78 is 13.9. The third kappa shape index (κ3) is 3.07. The SMILES string of the molecule is N#CC(C(=O)c1ccccc1Cl)=C1NC(c2ccccc2F)=CS1. The van der Waals surface area contributed by atoms with Gasteiger partial charge in [0, 0.05) is 16.5 Å². The molecule has 2 aromatic rings. The minimum absolute atomic E-state index is 0.0595. The molecule has 1 aliphatic heterocycles. The average molecular weight is 357 g/mol. The zero-order valence-electron chi connectivity index (χ0n) is 12.2. The van der Waals surface area contributed by atoms with Gasteiger partial charge >= 0.3 is 0 Å². The minimum atomic E-state index is -0.471. The number of benzene rings is 2. The normalized spacial score (nSPS) is 15.3. The first-order valence-corrected chi connectivity index (χ1v) is 8.20. The smallest absolute Gasteiger partial charge is 0.207 e. The van der Waals surface area contributed by atoms with Crippen molar-refractivity contribution in [1.29, 1.82) is 5.26 Å². The molecule has 1 heterocycles. The average Bonchev–Trinajstić information content (AvgIpc) is 3.05. The van der Waals surface area contributed by atoms with E-state index in [0.717, 1.165) is 0 Å². The van der Waals surface area contributed by atoms with Crippen molar-refractivity contribution in [3.8, 4) is 6.07 Å². The Morgan fingerprint density at radius 1 is 1.17 bits per heavy atom. The maximum atomic E-state index is 13.9. The number of Topliss-reactive ketones (excluding diaryl/α,β-unsaturated/α-hetero) is 1. The first-order chi connectivity index (χ1) is 11.6. The van der Waals surface area contributed by atoms with Crippen molar-refractivity contribution in [2.75, 3.05) is 0 Å². The summed E-state index contributed by atoms with van der Waals surface area (Å²) in [5.41, 5.74) is 1.08. The molecule has 0 saturated carbocycles. The topological polar surface area (TPSA) is 52.9 Å². The third-order valence-electron chi connectivity index (χ3n) is 3.39. The quantitative estimate of drug-likeness (QED) is 0.490. The third-order valence-corrected chi connectivity index (χ3v) is 4.62. The van der Waals surface area contributed by atoms with Crippen LogP contribution in [0, 0.1) is 17.1 Å². The molecule has 0 aliphatic carbocycles. The molecular formula is C18H10ClFN2OS. The molecule has 3 nitrogen and oxygen atoms in total. The highest BCUT2D eigenvalue weighted by Crippen LogP contribution is 2.34. The Hall–Kier alpha value is -2.55. The standard InChI is InChI=1S/C18H10ClFN2OS/c19-14-7-3-1-5-11(14)17(23)13(9-21)18-22-16(10-24-18)12-6-2-4-8-15(12)20/h1-8,10,22H. The van der Waals surface area contributed by atoms with E-state index >= 15 is 0 Å². The highest BCUT2D eigenvalue weighted by atomic mass is 35.5. The Balaban J connectivity index is 1.93. The van der Waals surface area contributed by atoms with Gasteiger partial charge < -0.3 is 5.32 Å². The lowest BCUT2D eigenvalue weighted by Gasteiger charge is -2.08. The molecule has 1 aliphatic rings. The lowest BCUT2D eigenvalue weighted by Crippen LogP contribution is -2.12. The molecule has 24 heavy (non-hydrogen) atoms. The Morgan fingerprint density at radius 3 is 2.58 bits per heavy atom. The van der Waals surface area contributed by atoms with E-state index in [1.807, 2.05) is 6.07 Å². The van der Waals surface area contributed by atoms with Gasteiger partial charge in [-0.1, -0.05) is 47.6 Å². The number of ketones is 1. The van der Waals surface area contributed by atoms with E-state index in [1.54, 1.807) is 47.9 Å². The number of hydrogen-bond acceptors (Lipinski definition) is 4. The second-order valence-corrected chi connectivity index (χ2v) is 6.17. The summed E-state index contributed by atoms with van der Waals surface area (Å²) in [6, 6.07) is 14.7. The number of rotatable bonds is 3. The fourth-order valence-corrected chi connectivity index (χ4v) is 3.28. The molecule has 0 bridgehead atoms. The Labute approximate surface area is 147 Å². The van der Waals surface area contributed by atoms with Gasteiger partial charge in [-0.3, -0.25) is 4.79 Å². The van der Waals surface area contributed by atoms with Crippen LogP contribution in [0.4, 0.5) is 4.39 Å². The molecule has 0 saturated heterocycles. The summed E-state index contributed by atoms with van der Waals surface area (Å²) in [5.74, 6) is -0.852. The highest BCUT2D eigenvalue weighted by molar-refractivity contribution is 8.06. The summed E-state index contributed by atoms with van der Waals surface area (Å²) >= 11 is 7.20. The molecule has 0 radical (unpaired) electrons. The summed E-state index contributed by atoms with van der Waals surface area (Å²) in [4.78, 5) is 12.6. The van der Waals surface area contributed by atoms with Crippen LogP contribution in [-0.4, -0.2) is 5.78 Å². The van der Waals surface area contributed by atoms with Crippen LogP contribution in [0.15, 0.2) is 64.5 Å². The van der Waals surface area contributed by atoms with Crippen molar-refractivity contribution < 1.29 is 9.18 Å². The van der Waals surface area contributed by atoms with Gasteiger partial charge in [-0.05, 0) is 24.3 Å². The number of thioether (sulfide) groups is 1. The maximum Gasteiger partial charge on any atom is 0.207 e. The zero-order chi connectivity index (χ0) is 17.1. The van der Waals surface area contributed by atoms with Gasteiger partial charge in [-0.15, -0.1) is 0 Å². The molecule has 1 N–H and O–H groups in total. The Morgan fingerprint density at radius 2 is 1.88 bits per heavy atom. The number of nitrogens with one attached hydrogen (secondary N) is 1. The number of hydrogen-bond donors (Lipinski definition) is 1. The van der Waals surface area contributed by atoms with E-state index in [-0.39, 0.29) is 22.0 Å². The van der Waals surface area contributed by atoms with E-state index in [2.05, 4.69) is 5.32 Å². The first kappa shape index (κ1) is 16.3. The molecule has 0 fully saturated rings. The van der Waals surface area contributed by atoms with Gasteiger partial charge in [-0.25, -0.2) is 4.39 Å². The van der Waals surface area contributed by atoms with Crippen LogP contribution in [0.1, 0.15) is 15.9 Å². The van der Waals surface area contributed by atoms with Crippen molar-refractivity contribution in [2.24, 2.45) is 0 Å². The van der Waals surface area contributed by atoms with E-state index in [0.29, 0.717) is 16.3 Å². The summed E-state index contributed by atoms with van der Waals surface area (Å²) in [6.07, 6.45) is 0. The van der Waals surface area contributed by atoms with Crippen molar-refractivity contribution >= 4 is 34.8 Å². The summed E-state index contributed by atoms with van der Waals surface area (Å²) in [5, 5.41) is 14.7. The maximum absolute atomic E-state index is 13.9. The first-order valence-electron chi connectivity index (χ1n) is 6.94. The molecule has 0 atom stereocenters. The van der Waals surface area contributed by atoms with Crippen LogP contribution in [-0.2, 0) is 0 Å². The fraction of sp³-hybridized carbons (Fsp3) is 0. The van der Waals surface area contributed by atoms with Crippen LogP contribution in [0.5, 0.6) is 0 Å². The number of nitrogens with zero attached hydrogens (tertiary/aromatic N) is 1. The van der Waals surface area contributed by atoms with Crippen LogP contribution in [0.2, 0.25) is 5.02 Å². The van der Waals surface area contributed by atoms with Crippen molar-refractivity contribution in [2.45, 2.75) is 0 Å². The van der Waals surface area contributed by atoms with Crippen molar-refractivity contribution in [3.63, 3.8) is 0 Å². The molecule has 3 rings (SSSR count). The Bertz CT molecular complexity index is 931. The second kappa shape index (κ2) is 6.91. The largest absolute Gasteiger partial charge is 0.348 e. The van der Waals surface area contributed by atoms with E-state index in [4.69, 9.17) is 11.6 Å². The highest BCUT2D eigenvalue weighted by Gasteiger charge is 2.24. The molecule has 0 spiro atoms. The molecule has 2 aromatic carbocycles. The van der Waals surface area contributed by atoms with Crippen molar-refractivity contribution in [1.82, 2.24) is 5.32 Å². The van der Waals surface area contributed by atoms with Crippen LogP contribution >= 0.6 is 23.4 Å². The van der Waals surface area contributed by atoms with E-state index in [1.165, 1.54) is 17.8 Å². The van der Waals surface area contributed by atoms with Gasteiger partial charge in [0.15, 0.2) is 0 Å². The molecule has 118 valence electrons. The summed E-state index contributed by atoms with van der Waals surface area (Å²) in [7, 11) is 0. The Kier molecular flexibility index (Phi) is 4.70. The molecular weight excluding hydrogens is 347 g/mol. The van der Waals surface area contributed by atoms with Gasteiger partial charge in [0.05, 0.1) is 15.7 Å². The molecule has 6 heteroatoms. The number of allylic oxidation sites excluding steroid dienone is 1. The van der Waals surface area contributed by atoms with Crippen LogP contribution in [0.3, 0.4) is 0 Å². The van der Waals surface area contributed by atoms with E-state index < -0.39 is 5.78 Å². The molecule has 0 amide bonds. The van der Waals surface area contributed by atoms with Gasteiger partial charge in [0.25, 0.3) is 0 Å². The fourth-order valence-electron chi connectivity index (χ4n) is 2.22. The monoisotopic (exact) mass is 356 g/mol.